The highest BCUT2D eigenvalue weighted by atomic mass is 35.5. The third-order valence-electron chi connectivity index (χ3n) is 3.55. The van der Waals surface area contributed by atoms with Crippen molar-refractivity contribution in [2.45, 2.75) is 19.4 Å². The lowest BCUT2D eigenvalue weighted by molar-refractivity contribution is -0.121. The van der Waals surface area contributed by atoms with Crippen molar-refractivity contribution in [1.29, 1.82) is 0 Å². The quantitative estimate of drug-likeness (QED) is 0.669. The van der Waals surface area contributed by atoms with E-state index in [1.165, 1.54) is 6.20 Å². The maximum Gasteiger partial charge on any atom is 0.325 e. The Morgan fingerprint density at radius 1 is 1.33 bits per heavy atom. The average Bonchev–Trinajstić information content (AvgIpc) is 2.93. The third kappa shape index (κ3) is 3.41. The van der Waals surface area contributed by atoms with E-state index in [0.717, 1.165) is 5.39 Å². The first-order valence-electron chi connectivity index (χ1n) is 7.21. The van der Waals surface area contributed by atoms with E-state index in [1.54, 1.807) is 31.2 Å². The van der Waals surface area contributed by atoms with Gasteiger partial charge < -0.3 is 14.7 Å². The van der Waals surface area contributed by atoms with Gasteiger partial charge in [0.15, 0.2) is 0 Å². The minimum Gasteiger partial charge on any atom is -0.459 e. The number of fused-ring (bicyclic) bond motifs is 1. The second-order valence-electron chi connectivity index (χ2n) is 5.39. The molecule has 0 aliphatic rings. The van der Waals surface area contributed by atoms with Crippen LogP contribution in [-0.4, -0.2) is 15.9 Å². The van der Waals surface area contributed by atoms with Crippen LogP contribution in [0.3, 0.4) is 0 Å². The number of furan rings is 1. The Labute approximate surface area is 140 Å². The van der Waals surface area contributed by atoms with Gasteiger partial charge in [-0.2, -0.15) is 0 Å². The lowest BCUT2D eigenvalue weighted by atomic mass is 10.2. The Bertz CT molecular complexity index is 1020. The zero-order valence-electron chi connectivity index (χ0n) is 12.7. The van der Waals surface area contributed by atoms with Crippen molar-refractivity contribution in [2.24, 2.45) is 0 Å². The SMILES string of the molecule is C[C@@H](NC(=O)Cc1c[nH]c(=O)[nH]c1=O)c1cc2cc(Cl)ccc2o1. The molecule has 0 unspecified atom stereocenters. The molecule has 24 heavy (non-hydrogen) atoms. The van der Waals surface area contributed by atoms with Crippen LogP contribution in [0.25, 0.3) is 11.0 Å². The van der Waals surface area contributed by atoms with Crippen LogP contribution in [0.1, 0.15) is 24.3 Å². The number of carbonyl (C=O) groups excluding carboxylic acids is 1. The molecule has 0 radical (unpaired) electrons. The van der Waals surface area contributed by atoms with Crippen molar-refractivity contribution in [3.63, 3.8) is 0 Å². The number of carbonyl (C=O) groups is 1. The molecule has 2 aromatic heterocycles. The summed E-state index contributed by atoms with van der Waals surface area (Å²) in [6.07, 6.45) is 1.08. The summed E-state index contributed by atoms with van der Waals surface area (Å²) < 4.78 is 5.69. The molecule has 0 saturated heterocycles. The maximum atomic E-state index is 12.1. The van der Waals surface area contributed by atoms with Gasteiger partial charge in [-0.1, -0.05) is 11.6 Å². The molecule has 124 valence electrons. The van der Waals surface area contributed by atoms with Gasteiger partial charge in [-0.25, -0.2) is 4.79 Å². The smallest absolute Gasteiger partial charge is 0.325 e. The Hall–Kier alpha value is -2.80. The lowest BCUT2D eigenvalue weighted by Gasteiger charge is -2.11. The summed E-state index contributed by atoms with van der Waals surface area (Å²) in [6, 6.07) is 6.68. The monoisotopic (exact) mass is 347 g/mol. The summed E-state index contributed by atoms with van der Waals surface area (Å²) in [5.74, 6) is 0.217. The van der Waals surface area contributed by atoms with Gasteiger partial charge >= 0.3 is 5.69 Å². The highest BCUT2D eigenvalue weighted by molar-refractivity contribution is 6.31. The number of aromatic nitrogens is 2. The number of hydrogen-bond acceptors (Lipinski definition) is 4. The first kappa shape index (κ1) is 16.1. The van der Waals surface area contributed by atoms with E-state index in [2.05, 4.69) is 15.3 Å². The van der Waals surface area contributed by atoms with Crippen LogP contribution in [0, 0.1) is 0 Å². The highest BCUT2D eigenvalue weighted by Gasteiger charge is 2.15. The normalized spacial score (nSPS) is 12.2. The lowest BCUT2D eigenvalue weighted by Crippen LogP contribution is -2.32. The molecule has 8 heteroatoms. The van der Waals surface area contributed by atoms with Gasteiger partial charge in [0.25, 0.3) is 5.56 Å². The molecule has 0 aliphatic carbocycles. The Balaban J connectivity index is 1.73. The van der Waals surface area contributed by atoms with Crippen LogP contribution < -0.4 is 16.6 Å². The molecule has 0 aliphatic heterocycles. The van der Waals surface area contributed by atoms with Crippen molar-refractivity contribution >= 4 is 28.5 Å². The van der Waals surface area contributed by atoms with Crippen molar-refractivity contribution in [3.05, 3.63) is 67.6 Å². The summed E-state index contributed by atoms with van der Waals surface area (Å²) in [7, 11) is 0. The fourth-order valence-electron chi connectivity index (χ4n) is 2.35. The van der Waals surface area contributed by atoms with Gasteiger partial charge in [0.05, 0.1) is 12.5 Å². The minimum absolute atomic E-state index is 0.150. The van der Waals surface area contributed by atoms with Crippen LogP contribution in [-0.2, 0) is 11.2 Å². The molecule has 7 nitrogen and oxygen atoms in total. The van der Waals surface area contributed by atoms with E-state index in [0.29, 0.717) is 16.4 Å². The zero-order valence-corrected chi connectivity index (χ0v) is 13.4. The topological polar surface area (TPSA) is 108 Å². The number of amides is 1. The fraction of sp³-hybridized carbons (Fsp3) is 0.188. The summed E-state index contributed by atoms with van der Waals surface area (Å²) >= 11 is 5.94. The van der Waals surface area contributed by atoms with Gasteiger partial charge in [0.1, 0.15) is 11.3 Å². The van der Waals surface area contributed by atoms with E-state index in [4.69, 9.17) is 16.0 Å². The molecule has 0 fully saturated rings. The van der Waals surface area contributed by atoms with Crippen LogP contribution >= 0.6 is 11.6 Å². The van der Waals surface area contributed by atoms with Gasteiger partial charge in [0, 0.05) is 22.2 Å². The molecule has 1 atom stereocenters. The molecule has 1 amide bonds. The number of halogens is 1. The molecule has 2 heterocycles. The number of hydrogen-bond donors (Lipinski definition) is 3. The van der Waals surface area contributed by atoms with E-state index in [9.17, 15) is 14.4 Å². The molecule has 3 rings (SSSR count). The second kappa shape index (κ2) is 6.37. The molecule has 0 saturated carbocycles. The molecule has 0 spiro atoms. The number of rotatable bonds is 4. The first-order valence-corrected chi connectivity index (χ1v) is 7.59. The van der Waals surface area contributed by atoms with E-state index < -0.39 is 11.2 Å². The largest absolute Gasteiger partial charge is 0.459 e. The highest BCUT2D eigenvalue weighted by Crippen LogP contribution is 2.26. The molecular weight excluding hydrogens is 334 g/mol. The van der Waals surface area contributed by atoms with E-state index in [-0.39, 0.29) is 23.9 Å². The predicted molar refractivity (Wildman–Crippen MR) is 89.2 cm³/mol. The Kier molecular flexibility index (Phi) is 4.26. The van der Waals surface area contributed by atoms with E-state index in [1.807, 2.05) is 0 Å². The molecule has 3 aromatic rings. The van der Waals surface area contributed by atoms with Gasteiger partial charge in [-0.3, -0.25) is 14.6 Å². The van der Waals surface area contributed by atoms with Crippen LogP contribution in [0.4, 0.5) is 0 Å². The van der Waals surface area contributed by atoms with Crippen LogP contribution in [0.5, 0.6) is 0 Å². The Morgan fingerprint density at radius 3 is 2.88 bits per heavy atom. The summed E-state index contributed by atoms with van der Waals surface area (Å²) in [4.78, 5) is 39.1. The number of H-pyrrole nitrogens is 2. The number of aromatic amines is 2. The summed E-state index contributed by atoms with van der Waals surface area (Å²) in [5, 5.41) is 4.20. The summed E-state index contributed by atoms with van der Waals surface area (Å²) in [6.45, 7) is 1.77. The second-order valence-corrected chi connectivity index (χ2v) is 5.83. The van der Waals surface area contributed by atoms with E-state index >= 15 is 0 Å². The molecule has 0 bridgehead atoms. The minimum atomic E-state index is -0.613. The predicted octanol–water partition coefficient (Wildman–Crippen LogP) is 1.88. The van der Waals surface area contributed by atoms with Crippen molar-refractivity contribution in [1.82, 2.24) is 15.3 Å². The Morgan fingerprint density at radius 2 is 2.12 bits per heavy atom. The third-order valence-corrected chi connectivity index (χ3v) is 3.78. The first-order chi connectivity index (χ1) is 11.4. The van der Waals surface area contributed by atoms with Crippen LogP contribution in [0.15, 0.2) is 44.5 Å². The molecule has 3 N–H and O–H groups in total. The van der Waals surface area contributed by atoms with Gasteiger partial charge in [0.2, 0.25) is 5.91 Å². The standard InChI is InChI=1S/C16H14ClN3O4/c1-8(13-5-9-4-11(17)2-3-12(9)24-13)19-14(21)6-10-7-18-16(23)20-15(10)22/h2-5,7-8H,6H2,1H3,(H,19,21)(H2,18,20,22,23)/t8-/m1/s1. The van der Waals surface area contributed by atoms with Gasteiger partial charge in [-0.15, -0.1) is 0 Å². The van der Waals surface area contributed by atoms with Gasteiger partial charge in [-0.05, 0) is 31.2 Å². The molecular formula is C16H14ClN3O4. The average molecular weight is 348 g/mol. The summed E-state index contributed by atoms with van der Waals surface area (Å²) in [5.41, 5.74) is -0.346. The van der Waals surface area contributed by atoms with Crippen molar-refractivity contribution in [2.75, 3.05) is 0 Å². The number of nitrogens with one attached hydrogen (secondary N) is 3. The van der Waals surface area contributed by atoms with Crippen molar-refractivity contribution in [3.8, 4) is 0 Å². The number of benzene rings is 1. The zero-order chi connectivity index (χ0) is 17.3. The fourth-order valence-corrected chi connectivity index (χ4v) is 2.53. The molecule has 1 aromatic carbocycles. The van der Waals surface area contributed by atoms with Crippen molar-refractivity contribution < 1.29 is 9.21 Å². The van der Waals surface area contributed by atoms with Crippen LogP contribution in [0.2, 0.25) is 5.02 Å². The maximum absolute atomic E-state index is 12.1.